The van der Waals surface area contributed by atoms with Crippen molar-refractivity contribution in [3.63, 3.8) is 0 Å². The van der Waals surface area contributed by atoms with Crippen LogP contribution in [0.3, 0.4) is 0 Å². The van der Waals surface area contributed by atoms with Gasteiger partial charge in [-0.1, -0.05) is 37.8 Å². The van der Waals surface area contributed by atoms with E-state index in [1.165, 1.54) is 0 Å². The van der Waals surface area contributed by atoms with Crippen LogP contribution in [0.15, 0.2) is 29.6 Å². The van der Waals surface area contributed by atoms with Crippen LogP contribution in [0.5, 0.6) is 0 Å². The second-order valence-corrected chi connectivity index (χ2v) is 8.76. The van der Waals surface area contributed by atoms with E-state index in [2.05, 4.69) is 15.6 Å². The van der Waals surface area contributed by atoms with E-state index in [4.69, 9.17) is 0 Å². The van der Waals surface area contributed by atoms with Gasteiger partial charge in [-0.2, -0.15) is 0 Å². The van der Waals surface area contributed by atoms with Crippen LogP contribution in [0.25, 0.3) is 11.3 Å². The predicted octanol–water partition coefficient (Wildman–Crippen LogP) is 3.70. The zero-order valence-electron chi connectivity index (χ0n) is 16.4. The number of imide groups is 1. The molecule has 1 aliphatic carbocycles. The summed E-state index contributed by atoms with van der Waals surface area (Å²) >= 11 is 1.57. The molecule has 1 saturated heterocycles. The zero-order valence-corrected chi connectivity index (χ0v) is 17.2. The highest BCUT2D eigenvalue weighted by Gasteiger charge is 2.51. The van der Waals surface area contributed by atoms with E-state index < -0.39 is 17.5 Å². The molecule has 2 fully saturated rings. The van der Waals surface area contributed by atoms with E-state index in [1.54, 1.807) is 17.4 Å². The fraction of sp³-hybridized carbons (Fsp3) is 0.429. The third kappa shape index (κ3) is 4.03. The number of nitrogens with one attached hydrogen (secondary N) is 2. The minimum atomic E-state index is -0.823. The first-order valence-corrected chi connectivity index (χ1v) is 10.8. The van der Waals surface area contributed by atoms with Gasteiger partial charge in [0.2, 0.25) is 5.91 Å². The van der Waals surface area contributed by atoms with Gasteiger partial charge >= 0.3 is 6.03 Å². The molecule has 7 nitrogen and oxygen atoms in total. The van der Waals surface area contributed by atoms with Crippen molar-refractivity contribution in [1.29, 1.82) is 0 Å². The van der Waals surface area contributed by atoms with Crippen molar-refractivity contribution in [3.05, 3.63) is 34.7 Å². The standard InChI is InChI=1S/C21H24N4O3S/c1-14-22-17(13-29-14)15-7-6-8-16(11-15)23-18(26)12-25-19(27)21(24-20(25)28)9-4-2-3-5-10-21/h6-8,11,13H,2-5,9-10,12H2,1H3,(H,23,26)(H,24,28). The Kier molecular flexibility index (Phi) is 5.36. The molecule has 2 heterocycles. The Morgan fingerprint density at radius 2 is 2.00 bits per heavy atom. The Balaban J connectivity index is 1.43. The highest BCUT2D eigenvalue weighted by atomic mass is 32.1. The molecule has 1 aromatic heterocycles. The number of nitrogens with zero attached hydrogens (tertiary/aromatic N) is 2. The van der Waals surface area contributed by atoms with Gasteiger partial charge in [-0.05, 0) is 31.9 Å². The summed E-state index contributed by atoms with van der Waals surface area (Å²) in [5.74, 6) is -0.669. The number of urea groups is 1. The Labute approximate surface area is 173 Å². The molecular weight excluding hydrogens is 388 g/mol. The van der Waals surface area contributed by atoms with Crippen LogP contribution in [-0.2, 0) is 9.59 Å². The topological polar surface area (TPSA) is 91.4 Å². The molecule has 0 bridgehead atoms. The monoisotopic (exact) mass is 412 g/mol. The average Bonchev–Trinajstić information content (AvgIpc) is 3.11. The number of anilines is 1. The van der Waals surface area contributed by atoms with Crippen molar-refractivity contribution in [2.45, 2.75) is 51.0 Å². The number of benzene rings is 1. The number of hydrogen-bond donors (Lipinski definition) is 2. The number of rotatable bonds is 4. The average molecular weight is 413 g/mol. The minimum Gasteiger partial charge on any atom is -0.325 e. The fourth-order valence-electron chi connectivity index (χ4n) is 4.09. The molecule has 2 aliphatic rings. The number of thiazole rings is 1. The Bertz CT molecular complexity index is 947. The summed E-state index contributed by atoms with van der Waals surface area (Å²) in [7, 11) is 0. The summed E-state index contributed by atoms with van der Waals surface area (Å²) in [6, 6.07) is 6.91. The maximum atomic E-state index is 12.9. The van der Waals surface area contributed by atoms with Gasteiger partial charge in [-0.25, -0.2) is 9.78 Å². The number of amides is 4. The van der Waals surface area contributed by atoms with E-state index in [-0.39, 0.29) is 12.5 Å². The van der Waals surface area contributed by atoms with Crippen LogP contribution in [0.1, 0.15) is 43.5 Å². The Morgan fingerprint density at radius 3 is 2.69 bits per heavy atom. The van der Waals surface area contributed by atoms with Gasteiger partial charge < -0.3 is 10.6 Å². The molecule has 0 unspecified atom stereocenters. The van der Waals surface area contributed by atoms with Gasteiger partial charge in [0.05, 0.1) is 10.7 Å². The first kappa shape index (κ1) is 19.6. The lowest BCUT2D eigenvalue weighted by atomic mass is 9.90. The minimum absolute atomic E-state index is 0.272. The Morgan fingerprint density at radius 1 is 1.24 bits per heavy atom. The number of carbonyl (C=O) groups excluding carboxylic acids is 3. The van der Waals surface area contributed by atoms with Crippen LogP contribution >= 0.6 is 11.3 Å². The van der Waals surface area contributed by atoms with Crippen LogP contribution in [0, 0.1) is 6.92 Å². The number of aromatic nitrogens is 1. The van der Waals surface area contributed by atoms with Gasteiger partial charge in [-0.15, -0.1) is 11.3 Å². The van der Waals surface area contributed by atoms with Crippen molar-refractivity contribution in [3.8, 4) is 11.3 Å². The number of hydrogen-bond acceptors (Lipinski definition) is 5. The van der Waals surface area contributed by atoms with Gasteiger partial charge in [0, 0.05) is 16.6 Å². The van der Waals surface area contributed by atoms with Crippen molar-refractivity contribution < 1.29 is 14.4 Å². The van der Waals surface area contributed by atoms with Crippen LogP contribution in [0.2, 0.25) is 0 Å². The summed E-state index contributed by atoms with van der Waals surface area (Å²) in [6.07, 6.45) is 5.25. The molecule has 1 saturated carbocycles. The predicted molar refractivity (Wildman–Crippen MR) is 112 cm³/mol. The number of aryl methyl sites for hydroxylation is 1. The lowest BCUT2D eigenvalue weighted by molar-refractivity contribution is -0.134. The molecule has 2 aromatic rings. The second-order valence-electron chi connectivity index (χ2n) is 7.70. The third-order valence-corrected chi connectivity index (χ3v) is 6.34. The quantitative estimate of drug-likeness (QED) is 0.749. The highest BCUT2D eigenvalue weighted by Crippen LogP contribution is 2.32. The summed E-state index contributed by atoms with van der Waals surface area (Å²) < 4.78 is 0. The maximum Gasteiger partial charge on any atom is 0.325 e. The largest absolute Gasteiger partial charge is 0.325 e. The smallest absolute Gasteiger partial charge is 0.325 e. The molecule has 1 spiro atoms. The summed E-state index contributed by atoms with van der Waals surface area (Å²) in [4.78, 5) is 43.4. The molecule has 4 rings (SSSR count). The van der Waals surface area contributed by atoms with E-state index in [0.29, 0.717) is 18.5 Å². The molecule has 1 aliphatic heterocycles. The SMILES string of the molecule is Cc1nc(-c2cccc(NC(=O)CN3C(=O)NC4(CCCCCC4)C3=O)c2)cs1. The molecule has 0 atom stereocenters. The summed E-state index contributed by atoms with van der Waals surface area (Å²) in [5.41, 5.74) is 1.54. The van der Waals surface area contributed by atoms with Crippen molar-refractivity contribution >= 4 is 34.9 Å². The molecule has 0 radical (unpaired) electrons. The number of carbonyl (C=O) groups is 3. The molecular formula is C21H24N4O3S. The third-order valence-electron chi connectivity index (χ3n) is 5.57. The molecule has 1 aromatic carbocycles. The lowest BCUT2D eigenvalue weighted by Crippen LogP contribution is -2.47. The van der Waals surface area contributed by atoms with Gasteiger partial charge in [0.25, 0.3) is 5.91 Å². The van der Waals surface area contributed by atoms with Crippen molar-refractivity contribution in [1.82, 2.24) is 15.2 Å². The van der Waals surface area contributed by atoms with Crippen molar-refractivity contribution in [2.75, 3.05) is 11.9 Å². The molecule has 2 N–H and O–H groups in total. The van der Waals surface area contributed by atoms with E-state index in [0.717, 1.165) is 46.8 Å². The Hall–Kier alpha value is -2.74. The van der Waals surface area contributed by atoms with Gasteiger partial charge in [-0.3, -0.25) is 14.5 Å². The fourth-order valence-corrected chi connectivity index (χ4v) is 4.71. The molecule has 152 valence electrons. The van der Waals surface area contributed by atoms with Crippen LogP contribution in [-0.4, -0.2) is 39.8 Å². The first-order valence-electron chi connectivity index (χ1n) is 9.93. The maximum absolute atomic E-state index is 12.9. The molecule has 8 heteroatoms. The van der Waals surface area contributed by atoms with Crippen LogP contribution in [0.4, 0.5) is 10.5 Å². The van der Waals surface area contributed by atoms with E-state index in [1.807, 2.05) is 30.5 Å². The van der Waals surface area contributed by atoms with Crippen LogP contribution < -0.4 is 10.6 Å². The first-order chi connectivity index (χ1) is 14.0. The molecule has 29 heavy (non-hydrogen) atoms. The van der Waals surface area contributed by atoms with Gasteiger partial charge in [0.15, 0.2) is 0 Å². The van der Waals surface area contributed by atoms with E-state index >= 15 is 0 Å². The second kappa shape index (κ2) is 7.94. The zero-order chi connectivity index (χ0) is 20.4. The molecule has 4 amide bonds. The van der Waals surface area contributed by atoms with E-state index in [9.17, 15) is 14.4 Å². The van der Waals surface area contributed by atoms with Crippen molar-refractivity contribution in [2.24, 2.45) is 0 Å². The van der Waals surface area contributed by atoms with Gasteiger partial charge in [0.1, 0.15) is 12.1 Å². The highest BCUT2D eigenvalue weighted by molar-refractivity contribution is 7.09. The normalized spacial score (nSPS) is 18.6. The summed E-state index contributed by atoms with van der Waals surface area (Å²) in [6.45, 7) is 1.66. The lowest BCUT2D eigenvalue weighted by Gasteiger charge is -2.24. The summed E-state index contributed by atoms with van der Waals surface area (Å²) in [5, 5.41) is 8.60.